The van der Waals surface area contributed by atoms with E-state index in [0.717, 1.165) is 25.9 Å². The predicted octanol–water partition coefficient (Wildman–Crippen LogP) is 1.19. The Morgan fingerprint density at radius 1 is 1.46 bits per heavy atom. The molecule has 1 heterocycles. The average molecular weight is 187 g/mol. The van der Waals surface area contributed by atoms with Gasteiger partial charge in [-0.3, -0.25) is 4.90 Å². The summed E-state index contributed by atoms with van der Waals surface area (Å²) in [7, 11) is 0. The standard InChI is InChI=1S/C10H18FNO/c11-9-2-5-12(6-9)7-10(8-13)3-1-4-10/h9,13H,1-8H2/t9-/m0/s1. The smallest absolute Gasteiger partial charge is 0.114 e. The third kappa shape index (κ3) is 1.86. The summed E-state index contributed by atoms with van der Waals surface area (Å²) in [6.45, 7) is 2.65. The van der Waals surface area contributed by atoms with Gasteiger partial charge < -0.3 is 5.11 Å². The maximum Gasteiger partial charge on any atom is 0.114 e. The molecule has 1 saturated carbocycles. The quantitative estimate of drug-likeness (QED) is 0.717. The Hall–Kier alpha value is -0.150. The number of hydrogen-bond donors (Lipinski definition) is 1. The van der Waals surface area contributed by atoms with Gasteiger partial charge in [-0.1, -0.05) is 6.42 Å². The highest BCUT2D eigenvalue weighted by atomic mass is 19.1. The van der Waals surface area contributed by atoms with Crippen molar-refractivity contribution in [2.45, 2.75) is 31.9 Å². The summed E-state index contributed by atoms with van der Waals surface area (Å²) in [5, 5.41) is 9.24. The summed E-state index contributed by atoms with van der Waals surface area (Å²) in [5.74, 6) is 0. The van der Waals surface area contributed by atoms with Crippen LogP contribution in [0.25, 0.3) is 0 Å². The molecular formula is C10H18FNO. The second-order valence-corrected chi connectivity index (χ2v) is 4.63. The van der Waals surface area contributed by atoms with Crippen molar-refractivity contribution in [2.75, 3.05) is 26.2 Å². The van der Waals surface area contributed by atoms with Crippen LogP contribution in [0.15, 0.2) is 0 Å². The molecule has 0 radical (unpaired) electrons. The van der Waals surface area contributed by atoms with Crippen LogP contribution in [0, 0.1) is 5.41 Å². The van der Waals surface area contributed by atoms with Crippen molar-refractivity contribution in [3.8, 4) is 0 Å². The van der Waals surface area contributed by atoms with Crippen LogP contribution in [0.5, 0.6) is 0 Å². The molecule has 2 rings (SSSR count). The molecule has 76 valence electrons. The Labute approximate surface area is 78.7 Å². The first kappa shape index (κ1) is 9.41. The molecule has 1 N–H and O–H groups in total. The van der Waals surface area contributed by atoms with Crippen molar-refractivity contribution in [1.82, 2.24) is 4.90 Å². The Balaban J connectivity index is 1.83. The van der Waals surface area contributed by atoms with Crippen LogP contribution in [0.2, 0.25) is 0 Å². The van der Waals surface area contributed by atoms with Gasteiger partial charge in [0.05, 0.1) is 0 Å². The van der Waals surface area contributed by atoms with E-state index in [-0.39, 0.29) is 12.0 Å². The number of hydrogen-bond acceptors (Lipinski definition) is 2. The molecule has 0 unspecified atom stereocenters. The maximum atomic E-state index is 12.9. The molecule has 1 aliphatic heterocycles. The van der Waals surface area contributed by atoms with Gasteiger partial charge in [-0.05, 0) is 19.3 Å². The summed E-state index contributed by atoms with van der Waals surface area (Å²) in [6.07, 6.45) is 3.53. The highest BCUT2D eigenvalue weighted by molar-refractivity contribution is 4.91. The molecule has 0 amide bonds. The average Bonchev–Trinajstić information content (AvgIpc) is 2.44. The van der Waals surface area contributed by atoms with Gasteiger partial charge in [-0.15, -0.1) is 0 Å². The highest BCUT2D eigenvalue weighted by Gasteiger charge is 2.39. The molecule has 1 aliphatic carbocycles. The molecule has 0 bridgehead atoms. The van der Waals surface area contributed by atoms with Gasteiger partial charge in [-0.2, -0.15) is 0 Å². The van der Waals surface area contributed by atoms with E-state index < -0.39 is 6.17 Å². The van der Waals surface area contributed by atoms with E-state index in [1.54, 1.807) is 0 Å². The maximum absolute atomic E-state index is 12.9. The van der Waals surface area contributed by atoms with E-state index in [1.165, 1.54) is 6.42 Å². The van der Waals surface area contributed by atoms with Crippen LogP contribution >= 0.6 is 0 Å². The zero-order valence-corrected chi connectivity index (χ0v) is 8.01. The lowest BCUT2D eigenvalue weighted by atomic mass is 9.69. The lowest BCUT2D eigenvalue weighted by Gasteiger charge is -2.42. The largest absolute Gasteiger partial charge is 0.396 e. The van der Waals surface area contributed by atoms with Gasteiger partial charge in [0.1, 0.15) is 6.17 Å². The fourth-order valence-electron chi connectivity index (χ4n) is 2.45. The molecular weight excluding hydrogens is 169 g/mol. The molecule has 0 spiro atoms. The van der Waals surface area contributed by atoms with Crippen molar-refractivity contribution < 1.29 is 9.50 Å². The Bertz CT molecular complexity index is 176. The van der Waals surface area contributed by atoms with Crippen molar-refractivity contribution in [2.24, 2.45) is 5.41 Å². The third-order valence-electron chi connectivity index (χ3n) is 3.52. The number of aliphatic hydroxyl groups excluding tert-OH is 1. The van der Waals surface area contributed by atoms with E-state index in [0.29, 0.717) is 13.0 Å². The second kappa shape index (κ2) is 3.54. The van der Waals surface area contributed by atoms with Crippen LogP contribution in [0.4, 0.5) is 4.39 Å². The molecule has 1 atom stereocenters. The molecule has 0 aromatic rings. The summed E-state index contributed by atoms with van der Waals surface area (Å²) in [5.41, 5.74) is 0.129. The molecule has 2 nitrogen and oxygen atoms in total. The van der Waals surface area contributed by atoms with Gasteiger partial charge in [0.25, 0.3) is 0 Å². The molecule has 3 heteroatoms. The molecule has 13 heavy (non-hydrogen) atoms. The fourth-order valence-corrected chi connectivity index (χ4v) is 2.45. The monoisotopic (exact) mass is 187 g/mol. The van der Waals surface area contributed by atoms with Crippen LogP contribution in [0.3, 0.4) is 0 Å². The van der Waals surface area contributed by atoms with E-state index in [9.17, 15) is 9.50 Å². The van der Waals surface area contributed by atoms with Crippen LogP contribution in [-0.4, -0.2) is 42.4 Å². The van der Waals surface area contributed by atoms with Crippen LogP contribution in [0.1, 0.15) is 25.7 Å². The van der Waals surface area contributed by atoms with E-state index in [1.807, 2.05) is 0 Å². The number of rotatable bonds is 3. The van der Waals surface area contributed by atoms with Crippen LogP contribution < -0.4 is 0 Å². The SMILES string of the molecule is OCC1(CN2CC[C@H](F)C2)CCC1. The van der Waals surface area contributed by atoms with Crippen molar-refractivity contribution in [3.05, 3.63) is 0 Å². The normalized spacial score (nSPS) is 33.2. The number of likely N-dealkylation sites (tertiary alicyclic amines) is 1. The third-order valence-corrected chi connectivity index (χ3v) is 3.52. The fraction of sp³-hybridized carbons (Fsp3) is 1.00. The van der Waals surface area contributed by atoms with E-state index >= 15 is 0 Å². The van der Waals surface area contributed by atoms with E-state index in [2.05, 4.69) is 4.90 Å². The molecule has 0 aromatic heterocycles. The molecule has 0 aromatic carbocycles. The number of alkyl halides is 1. The Morgan fingerprint density at radius 3 is 2.62 bits per heavy atom. The second-order valence-electron chi connectivity index (χ2n) is 4.63. The van der Waals surface area contributed by atoms with Gasteiger partial charge in [0.2, 0.25) is 0 Å². The zero-order valence-electron chi connectivity index (χ0n) is 8.01. The van der Waals surface area contributed by atoms with Crippen molar-refractivity contribution in [1.29, 1.82) is 0 Å². The Kier molecular flexibility index (Phi) is 2.56. The molecule has 2 fully saturated rings. The van der Waals surface area contributed by atoms with Gasteiger partial charge >= 0.3 is 0 Å². The van der Waals surface area contributed by atoms with Gasteiger partial charge in [-0.25, -0.2) is 4.39 Å². The van der Waals surface area contributed by atoms with Crippen molar-refractivity contribution >= 4 is 0 Å². The zero-order chi connectivity index (χ0) is 9.31. The topological polar surface area (TPSA) is 23.5 Å². The number of nitrogens with zero attached hydrogens (tertiary/aromatic N) is 1. The number of aliphatic hydroxyl groups is 1. The van der Waals surface area contributed by atoms with Gasteiger partial charge in [0.15, 0.2) is 0 Å². The number of halogens is 1. The predicted molar refractivity (Wildman–Crippen MR) is 49.3 cm³/mol. The lowest BCUT2D eigenvalue weighted by molar-refractivity contribution is 0.0127. The lowest BCUT2D eigenvalue weighted by Crippen LogP contribution is -2.44. The van der Waals surface area contributed by atoms with E-state index in [4.69, 9.17) is 0 Å². The minimum Gasteiger partial charge on any atom is -0.396 e. The summed E-state index contributed by atoms with van der Waals surface area (Å²) in [4.78, 5) is 2.17. The minimum atomic E-state index is -0.629. The summed E-state index contributed by atoms with van der Waals surface area (Å²) < 4.78 is 12.9. The summed E-state index contributed by atoms with van der Waals surface area (Å²) >= 11 is 0. The summed E-state index contributed by atoms with van der Waals surface area (Å²) in [6, 6.07) is 0. The van der Waals surface area contributed by atoms with Crippen LogP contribution in [-0.2, 0) is 0 Å². The first-order chi connectivity index (χ1) is 6.24. The highest BCUT2D eigenvalue weighted by Crippen LogP contribution is 2.41. The first-order valence-corrected chi connectivity index (χ1v) is 5.21. The van der Waals surface area contributed by atoms with Crippen molar-refractivity contribution in [3.63, 3.8) is 0 Å². The molecule has 2 aliphatic rings. The molecule has 1 saturated heterocycles. The minimum absolute atomic E-state index is 0.129. The first-order valence-electron chi connectivity index (χ1n) is 5.21. The Morgan fingerprint density at radius 2 is 2.23 bits per heavy atom. The van der Waals surface area contributed by atoms with Gasteiger partial charge in [0, 0.05) is 31.7 Å².